The minimum Gasteiger partial charge on any atom is -0.444 e. The molecule has 1 fully saturated rings. The van der Waals surface area contributed by atoms with Gasteiger partial charge in [0.25, 0.3) is 5.92 Å². The van der Waals surface area contributed by atoms with Crippen LogP contribution in [-0.4, -0.2) is 47.0 Å². The number of carbonyl (C=O) groups is 1. The second-order valence-electron chi connectivity index (χ2n) is 6.38. The van der Waals surface area contributed by atoms with Gasteiger partial charge in [-0.05, 0) is 33.7 Å². The van der Waals surface area contributed by atoms with Crippen LogP contribution in [0.3, 0.4) is 0 Å². The standard InChI is InChI=1S/C14H26F2N2O2S/c1-5-6-8-17-10-11(21)18(9-7-14(10,15)16)12(19)20-13(2,3)4/h10-11,17,21H,5-9H2,1-4H3. The highest BCUT2D eigenvalue weighted by molar-refractivity contribution is 7.81. The van der Waals surface area contributed by atoms with Gasteiger partial charge in [0.2, 0.25) is 0 Å². The van der Waals surface area contributed by atoms with Crippen molar-refractivity contribution in [2.24, 2.45) is 0 Å². The maximum Gasteiger partial charge on any atom is 0.411 e. The quantitative estimate of drug-likeness (QED) is 0.616. The Balaban J connectivity index is 2.75. The molecule has 1 saturated heterocycles. The Hall–Kier alpha value is -0.560. The van der Waals surface area contributed by atoms with Crippen molar-refractivity contribution in [3.05, 3.63) is 0 Å². The van der Waals surface area contributed by atoms with Crippen LogP contribution in [0.15, 0.2) is 0 Å². The summed E-state index contributed by atoms with van der Waals surface area (Å²) in [6.45, 7) is 7.65. The molecule has 21 heavy (non-hydrogen) atoms. The molecule has 1 amide bonds. The molecule has 0 spiro atoms. The van der Waals surface area contributed by atoms with Gasteiger partial charge in [0, 0.05) is 13.0 Å². The predicted octanol–water partition coefficient (Wildman–Crippen LogP) is 3.28. The molecule has 7 heteroatoms. The Kier molecular flexibility index (Phi) is 6.28. The molecular weight excluding hydrogens is 298 g/mol. The van der Waals surface area contributed by atoms with Crippen molar-refractivity contribution < 1.29 is 18.3 Å². The number of piperidine rings is 1. The number of nitrogens with zero attached hydrogens (tertiary/aromatic N) is 1. The maximum atomic E-state index is 14.0. The minimum absolute atomic E-state index is 0.0535. The molecule has 0 aromatic heterocycles. The lowest BCUT2D eigenvalue weighted by atomic mass is 10.0. The number of alkyl halides is 2. The number of unbranched alkanes of at least 4 members (excludes halogenated alkanes) is 1. The maximum absolute atomic E-state index is 14.0. The molecule has 1 rings (SSSR count). The molecule has 0 radical (unpaired) electrons. The number of hydrogen-bond donors (Lipinski definition) is 2. The molecule has 0 bridgehead atoms. The molecule has 2 unspecified atom stereocenters. The van der Waals surface area contributed by atoms with Gasteiger partial charge in [0.05, 0.1) is 5.37 Å². The topological polar surface area (TPSA) is 41.6 Å². The second-order valence-corrected chi connectivity index (χ2v) is 6.91. The normalized spacial score (nSPS) is 25.8. The summed E-state index contributed by atoms with van der Waals surface area (Å²) in [5, 5.41) is 1.93. The summed E-state index contributed by atoms with van der Waals surface area (Å²) in [5.74, 6) is -2.88. The number of carbonyl (C=O) groups excluding carboxylic acids is 1. The van der Waals surface area contributed by atoms with Gasteiger partial charge in [-0.3, -0.25) is 4.90 Å². The fraction of sp³-hybridized carbons (Fsp3) is 0.929. The number of ether oxygens (including phenoxy) is 1. The third-order valence-electron chi connectivity index (χ3n) is 3.28. The second kappa shape index (κ2) is 7.13. The van der Waals surface area contributed by atoms with Gasteiger partial charge in [0.1, 0.15) is 11.6 Å². The van der Waals surface area contributed by atoms with Crippen molar-refractivity contribution in [3.63, 3.8) is 0 Å². The van der Waals surface area contributed by atoms with Crippen LogP contribution >= 0.6 is 12.6 Å². The van der Waals surface area contributed by atoms with E-state index in [0.717, 1.165) is 12.8 Å². The van der Waals surface area contributed by atoms with Gasteiger partial charge in [-0.15, -0.1) is 0 Å². The average Bonchev–Trinajstić information content (AvgIpc) is 2.30. The van der Waals surface area contributed by atoms with Gasteiger partial charge in [-0.25, -0.2) is 13.6 Å². The molecule has 4 nitrogen and oxygen atoms in total. The van der Waals surface area contributed by atoms with E-state index in [-0.39, 0.29) is 13.0 Å². The van der Waals surface area contributed by atoms with Crippen LogP contribution < -0.4 is 5.32 Å². The molecular formula is C14H26F2N2O2S. The molecule has 2 atom stereocenters. The lowest BCUT2D eigenvalue weighted by molar-refractivity contribution is -0.0906. The number of halogens is 2. The SMILES string of the molecule is CCCCNC1C(S)N(C(=O)OC(C)(C)C)CCC1(F)F. The van der Waals surface area contributed by atoms with Crippen LogP contribution in [-0.2, 0) is 4.74 Å². The molecule has 0 aromatic rings. The highest BCUT2D eigenvalue weighted by Crippen LogP contribution is 2.34. The summed E-state index contributed by atoms with van der Waals surface area (Å²) in [4.78, 5) is 13.4. The number of thiol groups is 1. The Morgan fingerprint density at radius 3 is 2.62 bits per heavy atom. The van der Waals surface area contributed by atoms with E-state index in [1.54, 1.807) is 20.8 Å². The fourth-order valence-corrected chi connectivity index (χ4v) is 2.70. The van der Waals surface area contributed by atoms with Gasteiger partial charge < -0.3 is 10.1 Å². The number of nitrogens with one attached hydrogen (secondary N) is 1. The van der Waals surface area contributed by atoms with Crippen molar-refractivity contribution >= 4 is 18.7 Å². The molecule has 1 N–H and O–H groups in total. The third kappa shape index (κ3) is 5.29. The first kappa shape index (κ1) is 18.5. The summed E-state index contributed by atoms with van der Waals surface area (Å²) in [6.07, 6.45) is 0.741. The summed E-state index contributed by atoms with van der Waals surface area (Å²) < 4.78 is 33.3. The van der Waals surface area contributed by atoms with Crippen LogP contribution in [0.5, 0.6) is 0 Å². The summed E-state index contributed by atoms with van der Waals surface area (Å²) in [6, 6.07) is -1.16. The molecule has 0 aliphatic carbocycles. The van der Waals surface area contributed by atoms with E-state index in [9.17, 15) is 13.6 Å². The zero-order valence-electron chi connectivity index (χ0n) is 13.2. The van der Waals surface area contributed by atoms with Crippen LogP contribution in [0, 0.1) is 0 Å². The first-order valence-electron chi connectivity index (χ1n) is 7.37. The highest BCUT2D eigenvalue weighted by Gasteiger charge is 2.50. The molecule has 0 saturated carbocycles. The molecule has 1 aliphatic heterocycles. The minimum atomic E-state index is -2.88. The van der Waals surface area contributed by atoms with Crippen molar-refractivity contribution in [3.8, 4) is 0 Å². The average molecular weight is 324 g/mol. The largest absolute Gasteiger partial charge is 0.444 e. The van der Waals surface area contributed by atoms with Crippen LogP contribution in [0.4, 0.5) is 13.6 Å². The van der Waals surface area contributed by atoms with Crippen molar-refractivity contribution in [2.75, 3.05) is 13.1 Å². The Morgan fingerprint density at radius 1 is 1.48 bits per heavy atom. The van der Waals surface area contributed by atoms with Crippen LogP contribution in [0.2, 0.25) is 0 Å². The predicted molar refractivity (Wildman–Crippen MR) is 82.0 cm³/mol. The van der Waals surface area contributed by atoms with E-state index >= 15 is 0 Å². The van der Waals surface area contributed by atoms with Crippen molar-refractivity contribution in [1.82, 2.24) is 10.2 Å². The lowest BCUT2D eigenvalue weighted by Gasteiger charge is -2.43. The zero-order valence-corrected chi connectivity index (χ0v) is 14.1. The Morgan fingerprint density at radius 2 is 2.10 bits per heavy atom. The van der Waals surface area contributed by atoms with E-state index in [4.69, 9.17) is 4.74 Å². The van der Waals surface area contributed by atoms with E-state index in [1.165, 1.54) is 4.90 Å². The first-order chi connectivity index (χ1) is 9.58. The molecule has 1 aliphatic rings. The Bertz CT molecular complexity index is 361. The lowest BCUT2D eigenvalue weighted by Crippen LogP contribution is -2.63. The fourth-order valence-electron chi connectivity index (χ4n) is 2.16. The zero-order chi connectivity index (χ0) is 16.3. The van der Waals surface area contributed by atoms with Gasteiger partial charge in [-0.2, -0.15) is 12.6 Å². The van der Waals surface area contributed by atoms with E-state index < -0.39 is 29.0 Å². The summed E-state index contributed by atoms with van der Waals surface area (Å²) in [7, 11) is 0. The van der Waals surface area contributed by atoms with Crippen LogP contribution in [0.25, 0.3) is 0 Å². The number of likely N-dealkylation sites (tertiary alicyclic amines) is 1. The van der Waals surface area contributed by atoms with Gasteiger partial charge >= 0.3 is 6.09 Å². The molecule has 124 valence electrons. The number of rotatable bonds is 4. The van der Waals surface area contributed by atoms with E-state index in [0.29, 0.717) is 6.54 Å². The summed E-state index contributed by atoms with van der Waals surface area (Å²) in [5.41, 5.74) is -0.657. The summed E-state index contributed by atoms with van der Waals surface area (Å²) >= 11 is 4.24. The van der Waals surface area contributed by atoms with Crippen molar-refractivity contribution in [2.45, 2.75) is 69.9 Å². The highest BCUT2D eigenvalue weighted by atomic mass is 32.1. The first-order valence-corrected chi connectivity index (χ1v) is 7.89. The van der Waals surface area contributed by atoms with Gasteiger partial charge in [-0.1, -0.05) is 13.3 Å². The van der Waals surface area contributed by atoms with E-state index in [2.05, 4.69) is 17.9 Å². The van der Waals surface area contributed by atoms with Crippen molar-refractivity contribution in [1.29, 1.82) is 0 Å². The number of hydrogen-bond acceptors (Lipinski definition) is 4. The smallest absolute Gasteiger partial charge is 0.411 e. The molecule has 0 aromatic carbocycles. The van der Waals surface area contributed by atoms with Gasteiger partial charge in [0.15, 0.2) is 0 Å². The Labute approximate surface area is 131 Å². The number of amides is 1. The van der Waals surface area contributed by atoms with E-state index in [1.807, 2.05) is 6.92 Å². The molecule has 1 heterocycles. The third-order valence-corrected chi connectivity index (χ3v) is 3.86. The van der Waals surface area contributed by atoms with Crippen LogP contribution in [0.1, 0.15) is 47.0 Å². The monoisotopic (exact) mass is 324 g/mol.